The lowest BCUT2D eigenvalue weighted by atomic mass is 10.0. The molecule has 1 unspecified atom stereocenters. The number of hydrogen-bond donors (Lipinski definition) is 2. The summed E-state index contributed by atoms with van der Waals surface area (Å²) < 4.78 is 5.21. The largest absolute Gasteiger partial charge is 0.481 e. The van der Waals surface area contributed by atoms with Gasteiger partial charge in [-0.3, -0.25) is 4.79 Å². The molecule has 1 atom stereocenters. The minimum Gasteiger partial charge on any atom is -0.481 e. The fraction of sp³-hybridized carbons (Fsp3) is 0.182. The third-order valence-corrected chi connectivity index (χ3v) is 2.30. The zero-order valence-corrected chi connectivity index (χ0v) is 8.01. The first-order valence-corrected chi connectivity index (χ1v) is 4.61. The molecule has 0 spiro atoms. The molecule has 0 radical (unpaired) electrons. The molecule has 78 valence electrons. The Morgan fingerprint density at radius 1 is 1.47 bits per heavy atom. The Morgan fingerprint density at radius 2 is 2.27 bits per heavy atom. The topological polar surface area (TPSA) is 76.5 Å². The molecule has 1 aromatic carbocycles. The number of nitrogens with two attached hydrogens (primary N) is 1. The molecule has 1 aromatic heterocycles. The Morgan fingerprint density at radius 3 is 3.00 bits per heavy atom. The van der Waals surface area contributed by atoms with Gasteiger partial charge < -0.3 is 15.3 Å². The highest BCUT2D eigenvalue weighted by atomic mass is 16.4. The number of aliphatic carboxylic acids is 1. The van der Waals surface area contributed by atoms with Crippen molar-refractivity contribution < 1.29 is 14.3 Å². The van der Waals surface area contributed by atoms with E-state index in [1.165, 1.54) is 0 Å². The maximum absolute atomic E-state index is 10.5. The van der Waals surface area contributed by atoms with Crippen molar-refractivity contribution in [2.24, 2.45) is 5.73 Å². The van der Waals surface area contributed by atoms with Crippen molar-refractivity contribution in [1.82, 2.24) is 0 Å². The first-order valence-electron chi connectivity index (χ1n) is 4.61. The van der Waals surface area contributed by atoms with E-state index in [1.54, 1.807) is 12.3 Å². The van der Waals surface area contributed by atoms with E-state index < -0.39 is 12.0 Å². The van der Waals surface area contributed by atoms with E-state index in [2.05, 4.69) is 0 Å². The van der Waals surface area contributed by atoms with Crippen molar-refractivity contribution in [2.75, 3.05) is 0 Å². The summed E-state index contributed by atoms with van der Waals surface area (Å²) in [5, 5.41) is 9.60. The Hall–Kier alpha value is -1.81. The van der Waals surface area contributed by atoms with Gasteiger partial charge in [-0.25, -0.2) is 0 Å². The third kappa shape index (κ3) is 1.99. The van der Waals surface area contributed by atoms with Crippen LogP contribution < -0.4 is 5.73 Å². The Labute approximate surface area is 86.3 Å². The predicted molar refractivity (Wildman–Crippen MR) is 55.4 cm³/mol. The van der Waals surface area contributed by atoms with Crippen LogP contribution in [-0.2, 0) is 4.79 Å². The zero-order valence-electron chi connectivity index (χ0n) is 8.01. The van der Waals surface area contributed by atoms with Gasteiger partial charge in [0.2, 0.25) is 0 Å². The fourth-order valence-electron chi connectivity index (χ4n) is 1.51. The summed E-state index contributed by atoms with van der Waals surface area (Å²) in [6.45, 7) is 0. The Kier molecular flexibility index (Phi) is 2.43. The fourth-order valence-corrected chi connectivity index (χ4v) is 1.51. The molecule has 0 saturated heterocycles. The van der Waals surface area contributed by atoms with Crippen LogP contribution in [0.5, 0.6) is 0 Å². The van der Waals surface area contributed by atoms with Crippen molar-refractivity contribution in [2.45, 2.75) is 12.5 Å². The van der Waals surface area contributed by atoms with Gasteiger partial charge in [0.15, 0.2) is 0 Å². The minimum absolute atomic E-state index is 0.0772. The summed E-state index contributed by atoms with van der Waals surface area (Å²) in [5.41, 5.74) is 7.24. The van der Waals surface area contributed by atoms with Gasteiger partial charge in [0, 0.05) is 11.4 Å². The van der Waals surface area contributed by atoms with Crippen molar-refractivity contribution >= 4 is 16.9 Å². The Bertz CT molecular complexity index is 489. The highest BCUT2D eigenvalue weighted by Gasteiger charge is 2.11. The van der Waals surface area contributed by atoms with E-state index in [9.17, 15) is 4.79 Å². The molecule has 2 aromatic rings. The third-order valence-electron chi connectivity index (χ3n) is 2.30. The summed E-state index contributed by atoms with van der Waals surface area (Å²) in [5.74, 6) is -0.901. The normalized spacial score (nSPS) is 12.9. The Balaban J connectivity index is 2.30. The molecule has 0 aliphatic rings. The molecular weight excluding hydrogens is 194 g/mol. The molecule has 0 aliphatic carbocycles. The lowest BCUT2D eigenvalue weighted by molar-refractivity contribution is -0.137. The van der Waals surface area contributed by atoms with Crippen LogP contribution in [-0.4, -0.2) is 11.1 Å². The highest BCUT2D eigenvalue weighted by Crippen LogP contribution is 2.21. The summed E-state index contributed by atoms with van der Waals surface area (Å²) >= 11 is 0. The van der Waals surface area contributed by atoms with E-state index in [-0.39, 0.29) is 6.42 Å². The summed E-state index contributed by atoms with van der Waals surface area (Å²) in [7, 11) is 0. The van der Waals surface area contributed by atoms with Crippen LogP contribution in [0.4, 0.5) is 0 Å². The van der Waals surface area contributed by atoms with E-state index >= 15 is 0 Å². The molecule has 4 nitrogen and oxygen atoms in total. The second kappa shape index (κ2) is 3.74. The SMILES string of the molecule is NC(CC(=O)O)c1ccc2ccoc2c1. The van der Waals surface area contributed by atoms with Gasteiger partial charge in [0.05, 0.1) is 12.7 Å². The van der Waals surface area contributed by atoms with Crippen LogP contribution >= 0.6 is 0 Å². The number of carboxylic acids is 1. The first kappa shape index (κ1) is 9.73. The standard InChI is InChI=1S/C11H11NO3/c12-9(6-11(13)14)8-2-1-7-3-4-15-10(7)5-8/h1-5,9H,6,12H2,(H,13,14). The van der Waals surface area contributed by atoms with Gasteiger partial charge in [0.25, 0.3) is 0 Å². The summed E-state index contributed by atoms with van der Waals surface area (Å²) in [6, 6.07) is 6.84. The molecule has 1 heterocycles. The van der Waals surface area contributed by atoms with Crippen LogP contribution in [0.15, 0.2) is 34.9 Å². The molecule has 4 heteroatoms. The van der Waals surface area contributed by atoms with E-state index in [0.717, 1.165) is 16.5 Å². The second-order valence-corrected chi connectivity index (χ2v) is 3.42. The lowest BCUT2D eigenvalue weighted by Crippen LogP contribution is -2.14. The number of carbonyl (C=O) groups is 1. The number of rotatable bonds is 3. The minimum atomic E-state index is -0.901. The number of hydrogen-bond acceptors (Lipinski definition) is 3. The quantitative estimate of drug-likeness (QED) is 0.802. The monoisotopic (exact) mass is 205 g/mol. The number of carboxylic acid groups (broad SMARTS) is 1. The van der Waals surface area contributed by atoms with E-state index in [0.29, 0.717) is 0 Å². The molecule has 0 aliphatic heterocycles. The van der Waals surface area contributed by atoms with Gasteiger partial charge in [0.1, 0.15) is 5.58 Å². The number of fused-ring (bicyclic) bond motifs is 1. The average molecular weight is 205 g/mol. The predicted octanol–water partition coefficient (Wildman–Crippen LogP) is 1.91. The van der Waals surface area contributed by atoms with Gasteiger partial charge in [-0.1, -0.05) is 12.1 Å². The highest BCUT2D eigenvalue weighted by molar-refractivity contribution is 5.78. The summed E-state index contributed by atoms with van der Waals surface area (Å²) in [6.07, 6.45) is 1.52. The van der Waals surface area contributed by atoms with Crippen LogP contribution in [0, 0.1) is 0 Å². The van der Waals surface area contributed by atoms with E-state index in [1.807, 2.05) is 18.2 Å². The van der Waals surface area contributed by atoms with Crippen molar-refractivity contribution in [3.63, 3.8) is 0 Å². The zero-order chi connectivity index (χ0) is 10.8. The molecule has 2 rings (SSSR count). The van der Waals surface area contributed by atoms with Crippen molar-refractivity contribution in [3.8, 4) is 0 Å². The maximum atomic E-state index is 10.5. The van der Waals surface area contributed by atoms with Crippen molar-refractivity contribution in [3.05, 3.63) is 36.1 Å². The smallest absolute Gasteiger partial charge is 0.305 e. The van der Waals surface area contributed by atoms with Gasteiger partial charge in [-0.05, 0) is 17.7 Å². The molecule has 0 amide bonds. The van der Waals surface area contributed by atoms with E-state index in [4.69, 9.17) is 15.3 Å². The summed E-state index contributed by atoms with van der Waals surface area (Å²) in [4.78, 5) is 10.5. The molecule has 0 saturated carbocycles. The first-order chi connectivity index (χ1) is 7.16. The van der Waals surface area contributed by atoms with Gasteiger partial charge in [-0.15, -0.1) is 0 Å². The number of furan rings is 1. The molecule has 0 fully saturated rings. The molecule has 3 N–H and O–H groups in total. The number of benzene rings is 1. The molecule has 15 heavy (non-hydrogen) atoms. The maximum Gasteiger partial charge on any atom is 0.305 e. The lowest BCUT2D eigenvalue weighted by Gasteiger charge is -2.08. The van der Waals surface area contributed by atoms with Gasteiger partial charge in [-0.2, -0.15) is 0 Å². The van der Waals surface area contributed by atoms with Crippen molar-refractivity contribution in [1.29, 1.82) is 0 Å². The average Bonchev–Trinajstić information content (AvgIpc) is 2.62. The molecule has 0 bridgehead atoms. The second-order valence-electron chi connectivity index (χ2n) is 3.42. The molecular formula is C11H11NO3. The van der Waals surface area contributed by atoms with Crippen LogP contribution in [0.1, 0.15) is 18.0 Å². The van der Waals surface area contributed by atoms with Crippen LogP contribution in [0.2, 0.25) is 0 Å². The van der Waals surface area contributed by atoms with Crippen LogP contribution in [0.25, 0.3) is 11.0 Å². The van der Waals surface area contributed by atoms with Crippen LogP contribution in [0.3, 0.4) is 0 Å². The van der Waals surface area contributed by atoms with Gasteiger partial charge >= 0.3 is 5.97 Å².